The molecule has 0 aliphatic rings. The van der Waals surface area contributed by atoms with Crippen LogP contribution < -0.4 is 5.32 Å². The fourth-order valence-corrected chi connectivity index (χ4v) is 2.52. The smallest absolute Gasteiger partial charge is 0.271 e. The molecule has 0 unspecified atom stereocenters. The number of nitro groups is 1. The Morgan fingerprint density at radius 2 is 1.92 bits per heavy atom. The van der Waals surface area contributed by atoms with Crippen molar-refractivity contribution in [3.05, 3.63) is 75.8 Å². The van der Waals surface area contributed by atoms with Gasteiger partial charge in [0, 0.05) is 23.4 Å². The summed E-state index contributed by atoms with van der Waals surface area (Å²) in [6.45, 7) is 1.81. The Labute approximate surface area is 137 Å². The van der Waals surface area contributed by atoms with Crippen LogP contribution in [0, 0.1) is 17.0 Å². The summed E-state index contributed by atoms with van der Waals surface area (Å²) in [5, 5.41) is 24.9. The third-order valence-corrected chi connectivity index (χ3v) is 3.84. The van der Waals surface area contributed by atoms with Gasteiger partial charge in [-0.25, -0.2) is 0 Å². The third-order valence-electron chi connectivity index (χ3n) is 3.84. The summed E-state index contributed by atoms with van der Waals surface area (Å²) < 4.78 is 0. The summed E-state index contributed by atoms with van der Waals surface area (Å²) in [4.78, 5) is 22.6. The molecule has 0 aliphatic carbocycles. The number of nitro benzene ring substituents is 1. The van der Waals surface area contributed by atoms with E-state index in [1.54, 1.807) is 43.3 Å². The zero-order chi connectivity index (χ0) is 17.3. The Morgan fingerprint density at radius 1 is 1.12 bits per heavy atom. The number of non-ortho nitro benzene ring substituents is 1. The first kappa shape index (κ1) is 15.5. The molecule has 3 aromatic carbocycles. The van der Waals surface area contributed by atoms with Crippen LogP contribution in [-0.2, 0) is 0 Å². The summed E-state index contributed by atoms with van der Waals surface area (Å²) in [5.74, 6) is -0.153. The highest BCUT2D eigenvalue weighted by atomic mass is 16.6. The van der Waals surface area contributed by atoms with Gasteiger partial charge in [0.2, 0.25) is 0 Å². The van der Waals surface area contributed by atoms with Crippen molar-refractivity contribution in [3.8, 4) is 5.75 Å². The lowest BCUT2D eigenvalue weighted by atomic mass is 10.0. The molecule has 3 rings (SSSR count). The van der Waals surface area contributed by atoms with Crippen molar-refractivity contribution < 1.29 is 14.8 Å². The van der Waals surface area contributed by atoms with Crippen LogP contribution in [0.3, 0.4) is 0 Å². The van der Waals surface area contributed by atoms with Crippen LogP contribution in [0.5, 0.6) is 5.75 Å². The summed E-state index contributed by atoms with van der Waals surface area (Å²) in [6.07, 6.45) is 0. The molecule has 0 saturated heterocycles. The standard InChI is InChI=1S/C18H14N2O4/c1-11-16-7-5-13(9-12(16)6-8-17(11)21)18(22)19-14-3-2-4-15(10-14)20(23)24/h2-10,21H,1H3,(H,19,22). The summed E-state index contributed by atoms with van der Waals surface area (Å²) in [7, 11) is 0. The van der Waals surface area contributed by atoms with E-state index in [-0.39, 0.29) is 17.3 Å². The molecule has 24 heavy (non-hydrogen) atoms. The zero-order valence-electron chi connectivity index (χ0n) is 12.8. The van der Waals surface area contributed by atoms with Gasteiger partial charge in [-0.3, -0.25) is 14.9 Å². The van der Waals surface area contributed by atoms with Gasteiger partial charge in [-0.1, -0.05) is 18.2 Å². The van der Waals surface area contributed by atoms with Crippen LogP contribution in [0.15, 0.2) is 54.6 Å². The van der Waals surface area contributed by atoms with E-state index in [0.717, 1.165) is 16.3 Å². The van der Waals surface area contributed by atoms with Crippen molar-refractivity contribution in [3.63, 3.8) is 0 Å². The molecule has 0 bridgehead atoms. The Morgan fingerprint density at radius 3 is 2.67 bits per heavy atom. The number of benzene rings is 3. The van der Waals surface area contributed by atoms with E-state index in [1.807, 2.05) is 0 Å². The minimum Gasteiger partial charge on any atom is -0.508 e. The average Bonchev–Trinajstić information content (AvgIpc) is 2.58. The maximum atomic E-state index is 12.4. The quantitative estimate of drug-likeness (QED) is 0.563. The molecule has 0 atom stereocenters. The fourth-order valence-electron chi connectivity index (χ4n) is 2.52. The number of rotatable bonds is 3. The molecule has 3 aromatic rings. The van der Waals surface area contributed by atoms with Gasteiger partial charge in [0.1, 0.15) is 5.75 Å². The predicted molar refractivity (Wildman–Crippen MR) is 91.4 cm³/mol. The van der Waals surface area contributed by atoms with Gasteiger partial charge in [-0.15, -0.1) is 0 Å². The molecule has 1 amide bonds. The fraction of sp³-hybridized carbons (Fsp3) is 0.0556. The molecule has 6 nitrogen and oxygen atoms in total. The third kappa shape index (κ3) is 2.89. The van der Waals surface area contributed by atoms with Crippen molar-refractivity contribution in [1.29, 1.82) is 0 Å². The molecule has 0 aliphatic heterocycles. The maximum absolute atomic E-state index is 12.4. The summed E-state index contributed by atoms with van der Waals surface area (Å²) >= 11 is 0. The number of aromatic hydroxyl groups is 1. The van der Waals surface area contributed by atoms with E-state index in [9.17, 15) is 20.0 Å². The minimum atomic E-state index is -0.513. The number of amides is 1. The molecule has 0 saturated carbocycles. The molecular weight excluding hydrogens is 308 g/mol. The molecule has 0 aromatic heterocycles. The van der Waals surface area contributed by atoms with Gasteiger partial charge in [-0.05, 0) is 47.5 Å². The number of hydrogen-bond donors (Lipinski definition) is 2. The minimum absolute atomic E-state index is 0.0857. The van der Waals surface area contributed by atoms with Gasteiger partial charge < -0.3 is 10.4 Å². The lowest BCUT2D eigenvalue weighted by Crippen LogP contribution is -2.11. The zero-order valence-corrected chi connectivity index (χ0v) is 12.8. The Kier molecular flexibility index (Phi) is 3.87. The number of hydrogen-bond acceptors (Lipinski definition) is 4. The van der Waals surface area contributed by atoms with Gasteiger partial charge in [0.15, 0.2) is 0 Å². The second-order valence-electron chi connectivity index (χ2n) is 5.41. The lowest BCUT2D eigenvalue weighted by molar-refractivity contribution is -0.384. The second kappa shape index (κ2) is 6.00. The van der Waals surface area contributed by atoms with Gasteiger partial charge in [0.05, 0.1) is 4.92 Å². The van der Waals surface area contributed by atoms with Gasteiger partial charge in [0.25, 0.3) is 11.6 Å². The van der Waals surface area contributed by atoms with E-state index in [0.29, 0.717) is 11.3 Å². The number of anilines is 1. The van der Waals surface area contributed by atoms with Crippen molar-refractivity contribution >= 4 is 28.1 Å². The van der Waals surface area contributed by atoms with Crippen LogP contribution >= 0.6 is 0 Å². The van der Waals surface area contributed by atoms with Crippen LogP contribution in [0.2, 0.25) is 0 Å². The van der Waals surface area contributed by atoms with Gasteiger partial charge in [-0.2, -0.15) is 0 Å². The van der Waals surface area contributed by atoms with Crippen molar-refractivity contribution in [1.82, 2.24) is 0 Å². The number of phenols is 1. The topological polar surface area (TPSA) is 92.5 Å². The van der Waals surface area contributed by atoms with E-state index >= 15 is 0 Å². The first-order valence-corrected chi connectivity index (χ1v) is 7.24. The number of aryl methyl sites for hydroxylation is 1. The monoisotopic (exact) mass is 322 g/mol. The summed E-state index contributed by atoms with van der Waals surface area (Å²) in [5.41, 5.74) is 1.45. The highest BCUT2D eigenvalue weighted by Gasteiger charge is 2.11. The Hall–Kier alpha value is -3.41. The van der Waals surface area contributed by atoms with Crippen LogP contribution in [0.1, 0.15) is 15.9 Å². The van der Waals surface area contributed by atoms with E-state index in [4.69, 9.17) is 0 Å². The van der Waals surface area contributed by atoms with E-state index in [1.165, 1.54) is 18.2 Å². The highest BCUT2D eigenvalue weighted by Crippen LogP contribution is 2.27. The number of fused-ring (bicyclic) bond motifs is 1. The number of nitrogens with zero attached hydrogens (tertiary/aromatic N) is 1. The number of carbonyl (C=O) groups excluding carboxylic acids is 1. The number of nitrogens with one attached hydrogen (secondary N) is 1. The second-order valence-corrected chi connectivity index (χ2v) is 5.41. The van der Waals surface area contributed by atoms with Crippen LogP contribution in [0.25, 0.3) is 10.8 Å². The SMILES string of the molecule is Cc1c(O)ccc2cc(C(=O)Nc3cccc([N+](=O)[O-])c3)ccc12. The van der Waals surface area contributed by atoms with Crippen LogP contribution in [0.4, 0.5) is 11.4 Å². The van der Waals surface area contributed by atoms with Gasteiger partial charge >= 0.3 is 0 Å². The Balaban J connectivity index is 1.90. The molecule has 120 valence electrons. The van der Waals surface area contributed by atoms with Crippen molar-refractivity contribution in [2.45, 2.75) is 6.92 Å². The van der Waals surface area contributed by atoms with Crippen LogP contribution in [-0.4, -0.2) is 15.9 Å². The normalized spacial score (nSPS) is 10.5. The first-order chi connectivity index (χ1) is 11.5. The van der Waals surface area contributed by atoms with E-state index < -0.39 is 4.92 Å². The molecule has 0 fully saturated rings. The molecule has 0 heterocycles. The molecule has 0 radical (unpaired) electrons. The maximum Gasteiger partial charge on any atom is 0.271 e. The molecular formula is C18H14N2O4. The lowest BCUT2D eigenvalue weighted by Gasteiger charge is -2.08. The Bertz CT molecular complexity index is 966. The molecule has 2 N–H and O–H groups in total. The molecule has 0 spiro atoms. The summed E-state index contributed by atoms with van der Waals surface area (Å²) in [6, 6.07) is 14.2. The van der Waals surface area contributed by atoms with E-state index in [2.05, 4.69) is 5.32 Å². The largest absolute Gasteiger partial charge is 0.508 e. The predicted octanol–water partition coefficient (Wildman–Crippen LogP) is 4.01. The first-order valence-electron chi connectivity index (χ1n) is 7.24. The van der Waals surface area contributed by atoms with Crippen molar-refractivity contribution in [2.24, 2.45) is 0 Å². The number of carbonyl (C=O) groups is 1. The number of phenolic OH excluding ortho intramolecular Hbond substituents is 1. The highest BCUT2D eigenvalue weighted by molar-refractivity contribution is 6.06. The van der Waals surface area contributed by atoms with Crippen molar-refractivity contribution in [2.75, 3.05) is 5.32 Å². The average molecular weight is 322 g/mol. The molecule has 6 heteroatoms.